The number of oxazole rings is 1. The minimum atomic E-state index is 0.601. The fourth-order valence-electron chi connectivity index (χ4n) is 8.59. The SMILES string of the molecule is C1=CCCC(n2c3ccccc3c3c(-c4nc(-c5ccccc5)nc(-c5cccc6c5sc5ccc(-c7nc8ccc(-c9ccccc9)cc8o7)cc56)n4)cccc32)=C1. The molecule has 1 aliphatic rings. The summed E-state index contributed by atoms with van der Waals surface area (Å²) in [5.74, 6) is 2.52. The van der Waals surface area contributed by atoms with Gasteiger partial charge in [-0.25, -0.2) is 19.9 Å². The smallest absolute Gasteiger partial charge is 0.227 e. The van der Waals surface area contributed by atoms with E-state index in [0.717, 1.165) is 83.7 Å². The number of hydrogen-bond acceptors (Lipinski definition) is 6. The van der Waals surface area contributed by atoms with Crippen LogP contribution in [-0.2, 0) is 0 Å². The Morgan fingerprint density at radius 1 is 0.525 bits per heavy atom. The molecule has 4 aromatic heterocycles. The molecule has 0 saturated carbocycles. The van der Waals surface area contributed by atoms with E-state index in [4.69, 9.17) is 24.4 Å². The third-order valence-corrected chi connectivity index (χ3v) is 12.6. The van der Waals surface area contributed by atoms with Gasteiger partial charge >= 0.3 is 0 Å². The number of fused-ring (bicyclic) bond motifs is 7. The van der Waals surface area contributed by atoms with E-state index in [2.05, 4.69) is 138 Å². The second-order valence-electron chi connectivity index (χ2n) is 14.9. The quantitative estimate of drug-likeness (QED) is 0.168. The van der Waals surface area contributed by atoms with Gasteiger partial charge in [0.15, 0.2) is 23.1 Å². The van der Waals surface area contributed by atoms with Gasteiger partial charge in [0.05, 0.1) is 11.0 Å². The van der Waals surface area contributed by atoms with Crippen LogP contribution in [0.15, 0.2) is 180 Å². The average molecular weight is 776 g/mol. The van der Waals surface area contributed by atoms with Crippen molar-refractivity contribution in [3.8, 4) is 56.7 Å². The van der Waals surface area contributed by atoms with Crippen LogP contribution in [0.5, 0.6) is 0 Å². The first-order valence-electron chi connectivity index (χ1n) is 19.9. The van der Waals surface area contributed by atoms with Crippen molar-refractivity contribution in [3.05, 3.63) is 176 Å². The molecule has 7 heteroatoms. The number of para-hydroxylation sites is 1. The third-order valence-electron chi connectivity index (χ3n) is 11.4. The Kier molecular flexibility index (Phi) is 7.74. The molecule has 0 fully saturated rings. The third kappa shape index (κ3) is 5.62. The van der Waals surface area contributed by atoms with Crippen molar-refractivity contribution >= 4 is 70.1 Å². The molecule has 0 spiro atoms. The van der Waals surface area contributed by atoms with E-state index in [0.29, 0.717) is 23.4 Å². The predicted octanol–water partition coefficient (Wildman–Crippen LogP) is 14.0. The molecular weight excluding hydrogens is 743 g/mol. The number of thiophene rings is 1. The van der Waals surface area contributed by atoms with E-state index in [-0.39, 0.29) is 0 Å². The van der Waals surface area contributed by atoms with Gasteiger partial charge in [0.1, 0.15) is 5.52 Å². The van der Waals surface area contributed by atoms with Crippen molar-refractivity contribution < 1.29 is 4.42 Å². The van der Waals surface area contributed by atoms with Crippen molar-refractivity contribution in [2.45, 2.75) is 12.8 Å². The highest BCUT2D eigenvalue weighted by Crippen LogP contribution is 2.43. The lowest BCUT2D eigenvalue weighted by atomic mass is 10.0. The molecule has 0 unspecified atom stereocenters. The van der Waals surface area contributed by atoms with Crippen LogP contribution >= 0.6 is 11.3 Å². The minimum absolute atomic E-state index is 0.601. The summed E-state index contributed by atoms with van der Waals surface area (Å²) in [6, 6.07) is 54.8. The molecular formula is C52H33N5OS. The molecule has 0 radical (unpaired) electrons. The Morgan fingerprint density at radius 2 is 1.24 bits per heavy atom. The molecule has 11 aromatic rings. The second-order valence-corrected chi connectivity index (χ2v) is 16.0. The highest BCUT2D eigenvalue weighted by Gasteiger charge is 2.22. The van der Waals surface area contributed by atoms with Gasteiger partial charge in [-0.2, -0.15) is 0 Å². The summed E-state index contributed by atoms with van der Waals surface area (Å²) < 4.78 is 11.1. The maximum Gasteiger partial charge on any atom is 0.227 e. The fraction of sp³-hybridized carbons (Fsp3) is 0.0385. The van der Waals surface area contributed by atoms with Crippen LogP contribution in [0.25, 0.3) is 116 Å². The Labute approximate surface area is 343 Å². The van der Waals surface area contributed by atoms with Gasteiger partial charge < -0.3 is 8.98 Å². The lowest BCUT2D eigenvalue weighted by molar-refractivity contribution is 0.620. The average Bonchev–Trinajstić information content (AvgIpc) is 4.01. The zero-order valence-electron chi connectivity index (χ0n) is 31.7. The summed E-state index contributed by atoms with van der Waals surface area (Å²) in [5.41, 5.74) is 11.3. The van der Waals surface area contributed by atoms with Crippen molar-refractivity contribution in [1.29, 1.82) is 0 Å². The van der Waals surface area contributed by atoms with Crippen molar-refractivity contribution in [2.75, 3.05) is 0 Å². The molecule has 59 heavy (non-hydrogen) atoms. The number of hydrogen-bond donors (Lipinski definition) is 0. The van der Waals surface area contributed by atoms with E-state index in [1.807, 2.05) is 42.5 Å². The zero-order chi connectivity index (χ0) is 38.9. The van der Waals surface area contributed by atoms with E-state index in [1.54, 1.807) is 11.3 Å². The highest BCUT2D eigenvalue weighted by atomic mass is 32.1. The fourth-order valence-corrected chi connectivity index (χ4v) is 9.78. The maximum absolute atomic E-state index is 6.41. The summed E-state index contributed by atoms with van der Waals surface area (Å²) in [4.78, 5) is 20.7. The largest absolute Gasteiger partial charge is 0.436 e. The Hall–Kier alpha value is -7.48. The second kappa shape index (κ2) is 13.6. The summed E-state index contributed by atoms with van der Waals surface area (Å²) in [7, 11) is 0. The summed E-state index contributed by atoms with van der Waals surface area (Å²) in [6.07, 6.45) is 8.64. The number of rotatable bonds is 6. The molecule has 0 amide bonds. The molecule has 12 rings (SSSR count). The van der Waals surface area contributed by atoms with Crippen LogP contribution in [0.4, 0.5) is 0 Å². The lowest BCUT2D eigenvalue weighted by Gasteiger charge is -2.14. The van der Waals surface area contributed by atoms with Gasteiger partial charge in [0, 0.05) is 58.9 Å². The van der Waals surface area contributed by atoms with Crippen molar-refractivity contribution in [3.63, 3.8) is 0 Å². The van der Waals surface area contributed by atoms with Gasteiger partial charge in [-0.3, -0.25) is 0 Å². The van der Waals surface area contributed by atoms with Crippen LogP contribution < -0.4 is 0 Å². The van der Waals surface area contributed by atoms with Crippen molar-refractivity contribution in [1.82, 2.24) is 24.5 Å². The lowest BCUT2D eigenvalue weighted by Crippen LogP contribution is -2.01. The molecule has 0 atom stereocenters. The van der Waals surface area contributed by atoms with Crippen LogP contribution in [0.2, 0.25) is 0 Å². The Morgan fingerprint density at radius 3 is 2.08 bits per heavy atom. The first kappa shape index (κ1) is 33.6. The molecule has 6 nitrogen and oxygen atoms in total. The van der Waals surface area contributed by atoms with Gasteiger partial charge in [-0.1, -0.05) is 121 Å². The first-order valence-corrected chi connectivity index (χ1v) is 20.7. The molecule has 0 N–H and O–H groups in total. The topological polar surface area (TPSA) is 69.6 Å². The van der Waals surface area contributed by atoms with Gasteiger partial charge in [-0.15, -0.1) is 11.3 Å². The predicted molar refractivity (Wildman–Crippen MR) is 243 cm³/mol. The first-order chi connectivity index (χ1) is 29.2. The van der Waals surface area contributed by atoms with Crippen molar-refractivity contribution in [2.24, 2.45) is 0 Å². The summed E-state index contributed by atoms with van der Waals surface area (Å²) in [6.45, 7) is 0. The maximum atomic E-state index is 6.41. The Balaban J connectivity index is 1.02. The molecule has 1 aliphatic carbocycles. The van der Waals surface area contributed by atoms with Gasteiger partial charge in [-0.05, 0) is 78.6 Å². The van der Waals surface area contributed by atoms with Crippen LogP contribution in [0.3, 0.4) is 0 Å². The number of aromatic nitrogens is 5. The minimum Gasteiger partial charge on any atom is -0.436 e. The molecule has 0 saturated heterocycles. The van der Waals surface area contributed by atoms with E-state index >= 15 is 0 Å². The molecule has 278 valence electrons. The molecule has 7 aromatic carbocycles. The number of allylic oxidation sites excluding steroid dienone is 4. The zero-order valence-corrected chi connectivity index (χ0v) is 32.5. The number of benzene rings is 7. The van der Waals surface area contributed by atoms with Gasteiger partial charge in [0.2, 0.25) is 5.89 Å². The molecule has 0 aliphatic heterocycles. The van der Waals surface area contributed by atoms with E-state index < -0.39 is 0 Å². The van der Waals surface area contributed by atoms with Gasteiger partial charge in [0.25, 0.3) is 0 Å². The normalized spacial score (nSPS) is 13.0. The standard InChI is InChI=1S/C52H33N5OS/c1-4-14-32(15-5-1)34-26-28-42-45(31-34)58-52(53-42)35-27-29-46-41(30-35)37-21-12-23-40(48(37)59-46)51-55-49(33-16-6-2-7-17-33)54-50(56-51)39-22-13-25-44-47(39)38-20-10-11-24-43(38)57(44)36-18-8-3-9-19-36/h1-8,10-18,20-31H,9,19H2. The monoisotopic (exact) mass is 775 g/mol. The van der Waals surface area contributed by atoms with Crippen LogP contribution in [0.1, 0.15) is 12.8 Å². The van der Waals surface area contributed by atoms with Crippen LogP contribution in [-0.4, -0.2) is 24.5 Å². The molecule has 4 heterocycles. The Bertz CT molecular complexity index is 3500. The summed E-state index contributed by atoms with van der Waals surface area (Å²) in [5, 5.41) is 4.58. The van der Waals surface area contributed by atoms with E-state index in [9.17, 15) is 0 Å². The molecule has 0 bridgehead atoms. The highest BCUT2D eigenvalue weighted by molar-refractivity contribution is 7.26. The summed E-state index contributed by atoms with van der Waals surface area (Å²) >= 11 is 1.75. The van der Waals surface area contributed by atoms with Crippen LogP contribution in [0, 0.1) is 0 Å². The van der Waals surface area contributed by atoms with E-state index in [1.165, 1.54) is 21.3 Å². The number of nitrogens with zero attached hydrogens (tertiary/aromatic N) is 5.